The van der Waals surface area contributed by atoms with Gasteiger partial charge in [-0.25, -0.2) is 0 Å². The van der Waals surface area contributed by atoms with Crippen LogP contribution in [0, 0.1) is 0 Å². The molecule has 1 N–H and O–H groups in total. The van der Waals surface area contributed by atoms with Crippen LogP contribution in [0.4, 0.5) is 0 Å². The maximum absolute atomic E-state index is 12.3. The second-order valence-corrected chi connectivity index (χ2v) is 5.32. The number of nitrogens with zero attached hydrogens (tertiary/aromatic N) is 1. The molecule has 0 fully saturated rings. The van der Waals surface area contributed by atoms with Gasteiger partial charge in [0.2, 0.25) is 0 Å². The average molecular weight is 257 g/mol. The maximum Gasteiger partial charge on any atom is 0.252 e. The number of hydrogen-bond donors (Lipinski definition) is 1. The highest BCUT2D eigenvalue weighted by molar-refractivity contribution is 5.97. The van der Waals surface area contributed by atoms with Crippen LogP contribution in [-0.4, -0.2) is 28.7 Å². The summed E-state index contributed by atoms with van der Waals surface area (Å²) >= 11 is 0. The molecule has 1 atom stereocenters. The molecule has 1 aliphatic carbocycles. The largest absolute Gasteiger partial charge is 0.369 e. The van der Waals surface area contributed by atoms with Crippen molar-refractivity contribution in [1.29, 1.82) is 0 Å². The summed E-state index contributed by atoms with van der Waals surface area (Å²) < 4.78 is 0. The van der Waals surface area contributed by atoms with Gasteiger partial charge < -0.3 is 10.0 Å². The van der Waals surface area contributed by atoms with E-state index in [9.17, 15) is 9.90 Å². The van der Waals surface area contributed by atoms with E-state index in [1.807, 2.05) is 18.2 Å². The van der Waals surface area contributed by atoms with Crippen molar-refractivity contribution < 1.29 is 9.90 Å². The Morgan fingerprint density at radius 2 is 1.89 bits per heavy atom. The van der Waals surface area contributed by atoms with E-state index in [1.165, 1.54) is 5.56 Å². The highest BCUT2D eigenvalue weighted by Crippen LogP contribution is 2.35. The lowest BCUT2D eigenvalue weighted by Crippen LogP contribution is -2.37. The maximum atomic E-state index is 12.3. The number of hydrogen-bond acceptors (Lipinski definition) is 2. The fraction of sp³-hybridized carbons (Fsp3) is 0.438. The molecule has 1 amide bonds. The lowest BCUT2D eigenvalue weighted by Gasteiger charge is -2.22. The zero-order valence-corrected chi connectivity index (χ0v) is 11.0. The first kappa shape index (κ1) is 12.4. The fourth-order valence-electron chi connectivity index (χ4n) is 3.05. The first-order chi connectivity index (χ1) is 9.27. The number of rotatable bonds is 3. The molecule has 3 heteroatoms. The topological polar surface area (TPSA) is 40.5 Å². The minimum atomic E-state index is -0.675. The summed E-state index contributed by atoms with van der Waals surface area (Å²) in [6.07, 6.45) is 4.01. The Morgan fingerprint density at radius 3 is 2.63 bits per heavy atom. The third-order valence-electron chi connectivity index (χ3n) is 4.12. The van der Waals surface area contributed by atoms with E-state index in [2.05, 4.69) is 12.1 Å². The van der Waals surface area contributed by atoms with Gasteiger partial charge in [0.1, 0.15) is 0 Å². The average Bonchev–Trinajstić information content (AvgIpc) is 2.71. The summed E-state index contributed by atoms with van der Waals surface area (Å²) in [6.45, 7) is 0.594. The predicted octanol–water partition coefficient (Wildman–Crippen LogP) is 2.26. The van der Waals surface area contributed by atoms with Gasteiger partial charge in [-0.1, -0.05) is 30.3 Å². The Morgan fingerprint density at radius 1 is 1.16 bits per heavy atom. The number of amides is 1. The summed E-state index contributed by atoms with van der Waals surface area (Å²) in [6, 6.07) is 10.1. The van der Waals surface area contributed by atoms with Gasteiger partial charge >= 0.3 is 0 Å². The normalized spacial score (nSPS) is 22.9. The molecule has 0 bridgehead atoms. The fourth-order valence-corrected chi connectivity index (χ4v) is 3.05. The molecule has 3 nitrogen and oxygen atoms in total. The second-order valence-electron chi connectivity index (χ2n) is 5.32. The molecule has 1 unspecified atom stereocenters. The van der Waals surface area contributed by atoms with E-state index in [1.54, 1.807) is 4.90 Å². The molecule has 1 aromatic carbocycles. The summed E-state index contributed by atoms with van der Waals surface area (Å²) in [7, 11) is 0. The first-order valence-corrected chi connectivity index (χ1v) is 7.02. The van der Waals surface area contributed by atoms with Gasteiger partial charge in [-0.2, -0.15) is 0 Å². The number of carbonyl (C=O) groups excluding carboxylic acids is 1. The SMILES string of the molecule is O=C1C2=C(CCCC2)C(O)N1CCc1ccccc1. The molecule has 3 rings (SSSR count). The van der Waals surface area contributed by atoms with Crippen LogP contribution in [0.3, 0.4) is 0 Å². The smallest absolute Gasteiger partial charge is 0.252 e. The molecule has 0 spiro atoms. The molecule has 1 aromatic rings. The quantitative estimate of drug-likeness (QED) is 0.902. The Balaban J connectivity index is 1.68. The van der Waals surface area contributed by atoms with Gasteiger partial charge in [0.05, 0.1) is 0 Å². The molecule has 2 aliphatic rings. The zero-order chi connectivity index (χ0) is 13.2. The Labute approximate surface area is 113 Å². The van der Waals surface area contributed by atoms with Crippen LogP contribution in [-0.2, 0) is 11.2 Å². The number of aliphatic hydroxyl groups is 1. The van der Waals surface area contributed by atoms with E-state index < -0.39 is 6.23 Å². The molecule has 0 aromatic heterocycles. The van der Waals surface area contributed by atoms with Crippen molar-refractivity contribution in [2.45, 2.75) is 38.3 Å². The molecular formula is C16H19NO2. The number of carbonyl (C=O) groups is 1. The van der Waals surface area contributed by atoms with Crippen LogP contribution >= 0.6 is 0 Å². The van der Waals surface area contributed by atoms with Gasteiger partial charge in [-0.05, 0) is 43.2 Å². The third-order valence-corrected chi connectivity index (χ3v) is 4.12. The third kappa shape index (κ3) is 2.30. The van der Waals surface area contributed by atoms with Crippen molar-refractivity contribution in [3.8, 4) is 0 Å². The van der Waals surface area contributed by atoms with E-state index in [4.69, 9.17) is 0 Å². The lowest BCUT2D eigenvalue weighted by molar-refractivity contribution is -0.131. The van der Waals surface area contributed by atoms with Gasteiger partial charge in [0, 0.05) is 12.1 Å². The van der Waals surface area contributed by atoms with Crippen LogP contribution in [0.2, 0.25) is 0 Å². The van der Waals surface area contributed by atoms with Crippen LogP contribution in [0.15, 0.2) is 41.5 Å². The van der Waals surface area contributed by atoms with Crippen LogP contribution in [0.25, 0.3) is 0 Å². The Bertz CT molecular complexity index is 507. The van der Waals surface area contributed by atoms with Crippen molar-refractivity contribution >= 4 is 5.91 Å². The molecular weight excluding hydrogens is 238 g/mol. The van der Waals surface area contributed by atoms with E-state index in [-0.39, 0.29) is 5.91 Å². The standard InChI is InChI=1S/C16H19NO2/c18-15-13-8-4-5-9-14(13)16(19)17(15)11-10-12-6-2-1-3-7-12/h1-3,6-7,15,18H,4-5,8-11H2. The molecule has 0 saturated carbocycles. The molecule has 0 saturated heterocycles. The van der Waals surface area contributed by atoms with E-state index in [0.29, 0.717) is 6.54 Å². The van der Waals surface area contributed by atoms with Crippen molar-refractivity contribution in [2.24, 2.45) is 0 Å². The Kier molecular flexibility index (Phi) is 3.38. The first-order valence-electron chi connectivity index (χ1n) is 7.02. The van der Waals surface area contributed by atoms with Crippen LogP contribution in [0.5, 0.6) is 0 Å². The van der Waals surface area contributed by atoms with Crippen molar-refractivity contribution in [3.05, 3.63) is 47.0 Å². The van der Waals surface area contributed by atoms with Gasteiger partial charge in [0.25, 0.3) is 5.91 Å². The summed E-state index contributed by atoms with van der Waals surface area (Å²) in [4.78, 5) is 13.9. The van der Waals surface area contributed by atoms with Gasteiger partial charge in [-0.15, -0.1) is 0 Å². The van der Waals surface area contributed by atoms with Crippen molar-refractivity contribution in [2.75, 3.05) is 6.54 Å². The van der Waals surface area contributed by atoms with Crippen LogP contribution < -0.4 is 0 Å². The number of aliphatic hydroxyl groups excluding tert-OH is 1. The van der Waals surface area contributed by atoms with Crippen molar-refractivity contribution in [1.82, 2.24) is 4.90 Å². The molecule has 0 radical (unpaired) electrons. The number of benzene rings is 1. The molecule has 100 valence electrons. The minimum absolute atomic E-state index is 0.0538. The van der Waals surface area contributed by atoms with Gasteiger partial charge in [0.15, 0.2) is 6.23 Å². The molecule has 1 aliphatic heterocycles. The summed E-state index contributed by atoms with van der Waals surface area (Å²) in [5.74, 6) is 0.0538. The molecule has 1 heterocycles. The minimum Gasteiger partial charge on any atom is -0.369 e. The summed E-state index contributed by atoms with van der Waals surface area (Å²) in [5.41, 5.74) is 3.06. The van der Waals surface area contributed by atoms with Gasteiger partial charge in [-0.3, -0.25) is 4.79 Å². The second kappa shape index (κ2) is 5.17. The predicted molar refractivity (Wildman–Crippen MR) is 73.4 cm³/mol. The molecule has 19 heavy (non-hydrogen) atoms. The zero-order valence-electron chi connectivity index (χ0n) is 11.0. The lowest BCUT2D eigenvalue weighted by atomic mass is 9.93. The summed E-state index contributed by atoms with van der Waals surface area (Å²) in [5, 5.41) is 10.3. The van der Waals surface area contributed by atoms with Crippen LogP contribution in [0.1, 0.15) is 31.2 Å². The monoisotopic (exact) mass is 257 g/mol. The van der Waals surface area contributed by atoms with E-state index in [0.717, 1.165) is 43.3 Å². The van der Waals surface area contributed by atoms with Crippen molar-refractivity contribution in [3.63, 3.8) is 0 Å². The highest BCUT2D eigenvalue weighted by atomic mass is 16.3. The highest BCUT2D eigenvalue weighted by Gasteiger charge is 2.38. The Hall–Kier alpha value is -1.61. The van der Waals surface area contributed by atoms with E-state index >= 15 is 0 Å².